The first-order valence-corrected chi connectivity index (χ1v) is 8.43. The van der Waals surface area contributed by atoms with Gasteiger partial charge in [0.25, 0.3) is 0 Å². The van der Waals surface area contributed by atoms with Gasteiger partial charge >= 0.3 is 0 Å². The Bertz CT molecular complexity index is 1270. The molecule has 0 unspecified atom stereocenters. The SMILES string of the molecule is [C-]#[N+]c1c(C)cc(-c2nc3c(=O)cc[nH]c3nc2-c2ccn(C)n2)cc1Cl. The number of fused-ring (bicyclic) bond motifs is 1. The van der Waals surface area contributed by atoms with Gasteiger partial charge in [-0.1, -0.05) is 17.7 Å². The van der Waals surface area contributed by atoms with E-state index in [1.54, 1.807) is 16.9 Å². The van der Waals surface area contributed by atoms with Crippen LogP contribution in [0.4, 0.5) is 5.69 Å². The molecule has 0 bridgehead atoms. The van der Waals surface area contributed by atoms with Crippen molar-refractivity contribution in [3.05, 3.63) is 68.9 Å². The number of nitrogens with one attached hydrogen (secondary N) is 1. The summed E-state index contributed by atoms with van der Waals surface area (Å²) < 4.78 is 1.67. The third kappa shape index (κ3) is 2.86. The molecule has 0 aliphatic carbocycles. The molecule has 8 heteroatoms. The van der Waals surface area contributed by atoms with Gasteiger partial charge in [-0.05, 0) is 24.6 Å². The highest BCUT2D eigenvalue weighted by Gasteiger charge is 2.18. The predicted octanol–water partition coefficient (Wildman–Crippen LogP) is 3.90. The molecule has 27 heavy (non-hydrogen) atoms. The molecule has 0 amide bonds. The fourth-order valence-electron chi connectivity index (χ4n) is 2.92. The Balaban J connectivity index is 2.08. The number of rotatable bonds is 2. The first kappa shape index (κ1) is 16.9. The van der Waals surface area contributed by atoms with Crippen LogP contribution in [0.2, 0.25) is 5.02 Å². The minimum Gasteiger partial charge on any atom is -0.345 e. The van der Waals surface area contributed by atoms with Crippen LogP contribution >= 0.6 is 11.6 Å². The maximum absolute atomic E-state index is 12.2. The minimum absolute atomic E-state index is 0.231. The Labute approximate surface area is 159 Å². The average Bonchev–Trinajstić information content (AvgIpc) is 3.07. The van der Waals surface area contributed by atoms with Crippen molar-refractivity contribution < 1.29 is 0 Å². The Kier molecular flexibility index (Phi) is 3.98. The van der Waals surface area contributed by atoms with Crippen LogP contribution in [0.1, 0.15) is 5.56 Å². The third-order valence-corrected chi connectivity index (χ3v) is 4.47. The van der Waals surface area contributed by atoms with Gasteiger partial charge in [0, 0.05) is 36.1 Å². The fourth-order valence-corrected chi connectivity index (χ4v) is 3.23. The van der Waals surface area contributed by atoms with Crippen LogP contribution in [-0.2, 0) is 7.05 Å². The van der Waals surface area contributed by atoms with Gasteiger partial charge in [0.05, 0.1) is 12.3 Å². The van der Waals surface area contributed by atoms with E-state index in [2.05, 4.69) is 24.9 Å². The number of aromatic nitrogens is 5. The van der Waals surface area contributed by atoms with Crippen LogP contribution in [0.25, 0.3) is 38.7 Å². The van der Waals surface area contributed by atoms with Crippen LogP contribution in [0.15, 0.2) is 41.5 Å². The molecule has 132 valence electrons. The second-order valence-electron chi connectivity index (χ2n) is 6.07. The van der Waals surface area contributed by atoms with Gasteiger partial charge in [-0.2, -0.15) is 5.10 Å². The zero-order valence-corrected chi connectivity index (χ0v) is 15.2. The zero-order valence-electron chi connectivity index (χ0n) is 14.5. The second-order valence-corrected chi connectivity index (χ2v) is 6.48. The summed E-state index contributed by atoms with van der Waals surface area (Å²) in [6, 6.07) is 6.71. The number of pyridine rings is 1. The molecule has 1 N–H and O–H groups in total. The Morgan fingerprint density at radius 2 is 2.04 bits per heavy atom. The lowest BCUT2D eigenvalue weighted by Crippen LogP contribution is -2.07. The van der Waals surface area contributed by atoms with Crippen molar-refractivity contribution in [1.29, 1.82) is 0 Å². The molecular formula is C19H13ClN6O. The number of nitrogens with zero attached hydrogens (tertiary/aromatic N) is 5. The van der Waals surface area contributed by atoms with E-state index in [0.717, 1.165) is 5.56 Å². The summed E-state index contributed by atoms with van der Waals surface area (Å²) in [5.74, 6) is 0. The van der Waals surface area contributed by atoms with Crippen LogP contribution in [0.5, 0.6) is 0 Å². The summed E-state index contributed by atoms with van der Waals surface area (Å²) >= 11 is 6.29. The number of halogens is 1. The molecule has 3 aromatic heterocycles. The highest BCUT2D eigenvalue weighted by molar-refractivity contribution is 6.33. The highest BCUT2D eigenvalue weighted by Crippen LogP contribution is 2.36. The molecule has 4 rings (SSSR count). The molecule has 0 aliphatic heterocycles. The number of hydrogen-bond acceptors (Lipinski definition) is 4. The summed E-state index contributed by atoms with van der Waals surface area (Å²) in [7, 11) is 1.81. The van der Waals surface area contributed by atoms with Crippen molar-refractivity contribution in [3.8, 4) is 22.6 Å². The average molecular weight is 377 g/mol. The topological polar surface area (TPSA) is 80.8 Å². The van der Waals surface area contributed by atoms with E-state index in [1.807, 2.05) is 26.1 Å². The molecule has 0 aliphatic rings. The molecule has 0 atom stereocenters. The monoisotopic (exact) mass is 376 g/mol. The number of aromatic amines is 1. The maximum Gasteiger partial charge on any atom is 0.209 e. The van der Waals surface area contributed by atoms with E-state index < -0.39 is 0 Å². The molecule has 3 heterocycles. The number of H-pyrrole nitrogens is 1. The number of hydrogen-bond donors (Lipinski definition) is 1. The van der Waals surface area contributed by atoms with Crippen LogP contribution in [0, 0.1) is 13.5 Å². The van der Waals surface area contributed by atoms with E-state index in [1.165, 1.54) is 12.3 Å². The smallest absolute Gasteiger partial charge is 0.209 e. The quantitative estimate of drug-likeness (QED) is 0.538. The fraction of sp³-hybridized carbons (Fsp3) is 0.105. The van der Waals surface area contributed by atoms with Gasteiger partial charge in [0.2, 0.25) is 11.1 Å². The Hall–Kier alpha value is -3.50. The molecular weight excluding hydrogens is 364 g/mol. The zero-order chi connectivity index (χ0) is 19.1. The maximum atomic E-state index is 12.2. The van der Waals surface area contributed by atoms with Crippen molar-refractivity contribution in [2.75, 3.05) is 0 Å². The Morgan fingerprint density at radius 1 is 1.22 bits per heavy atom. The van der Waals surface area contributed by atoms with Crippen molar-refractivity contribution in [2.45, 2.75) is 6.92 Å². The molecule has 7 nitrogen and oxygen atoms in total. The van der Waals surface area contributed by atoms with Crippen LogP contribution in [-0.4, -0.2) is 24.7 Å². The lowest BCUT2D eigenvalue weighted by atomic mass is 10.0. The summed E-state index contributed by atoms with van der Waals surface area (Å²) in [6.07, 6.45) is 3.34. The first-order valence-electron chi connectivity index (χ1n) is 8.05. The lowest BCUT2D eigenvalue weighted by molar-refractivity contribution is 0.770. The van der Waals surface area contributed by atoms with Crippen LogP contribution < -0.4 is 5.43 Å². The van der Waals surface area contributed by atoms with Gasteiger partial charge in [-0.3, -0.25) is 9.48 Å². The summed E-state index contributed by atoms with van der Waals surface area (Å²) in [6.45, 7) is 9.08. The molecule has 1 aromatic carbocycles. The van der Waals surface area contributed by atoms with Gasteiger partial charge in [0.1, 0.15) is 11.4 Å². The largest absolute Gasteiger partial charge is 0.345 e. The van der Waals surface area contributed by atoms with Crippen molar-refractivity contribution in [2.24, 2.45) is 7.05 Å². The minimum atomic E-state index is -0.231. The van der Waals surface area contributed by atoms with Gasteiger partial charge in [-0.25, -0.2) is 14.8 Å². The molecule has 0 spiro atoms. The summed E-state index contributed by atoms with van der Waals surface area (Å²) in [5, 5.41) is 4.75. The van der Waals surface area contributed by atoms with E-state index in [4.69, 9.17) is 18.2 Å². The van der Waals surface area contributed by atoms with E-state index >= 15 is 0 Å². The summed E-state index contributed by atoms with van der Waals surface area (Å²) in [4.78, 5) is 27.8. The molecule has 0 fully saturated rings. The molecule has 4 aromatic rings. The van der Waals surface area contributed by atoms with Crippen LogP contribution in [0.3, 0.4) is 0 Å². The summed E-state index contributed by atoms with van der Waals surface area (Å²) in [5.41, 5.74) is 3.80. The predicted molar refractivity (Wildman–Crippen MR) is 104 cm³/mol. The Morgan fingerprint density at radius 3 is 2.70 bits per heavy atom. The van der Waals surface area contributed by atoms with Gasteiger partial charge < -0.3 is 4.98 Å². The molecule has 0 saturated carbocycles. The van der Waals surface area contributed by atoms with Gasteiger partial charge in [0.15, 0.2) is 11.2 Å². The normalized spacial score (nSPS) is 10.9. The van der Waals surface area contributed by atoms with E-state index in [0.29, 0.717) is 39.0 Å². The van der Waals surface area contributed by atoms with Crippen molar-refractivity contribution >= 4 is 28.5 Å². The number of aryl methyl sites for hydroxylation is 2. The second kappa shape index (κ2) is 6.34. The van der Waals surface area contributed by atoms with Crippen molar-refractivity contribution in [3.63, 3.8) is 0 Å². The molecule has 0 radical (unpaired) electrons. The van der Waals surface area contributed by atoms with E-state index in [9.17, 15) is 4.79 Å². The standard InChI is InChI=1S/C19H13ClN6O/c1-10-8-11(9-12(20)15(10)21-2)16-17(13-5-7-26(3)25-13)24-19-18(23-16)14(27)4-6-22-19/h4-9H,1,3H3,(H,22,24,27). The van der Waals surface area contributed by atoms with Gasteiger partial charge in [-0.15, -0.1) is 0 Å². The highest BCUT2D eigenvalue weighted by atomic mass is 35.5. The lowest BCUT2D eigenvalue weighted by Gasteiger charge is -2.10. The van der Waals surface area contributed by atoms with E-state index in [-0.39, 0.29) is 10.9 Å². The third-order valence-electron chi connectivity index (χ3n) is 4.18. The molecule has 0 saturated heterocycles. The van der Waals surface area contributed by atoms with Crippen molar-refractivity contribution in [1.82, 2.24) is 24.7 Å². The first-order chi connectivity index (χ1) is 13.0. The number of benzene rings is 1.